The lowest BCUT2D eigenvalue weighted by Crippen LogP contribution is -2.13. The molecule has 0 amide bonds. The van der Waals surface area contributed by atoms with E-state index in [1.807, 2.05) is 24.3 Å². The molecule has 6 heteroatoms. The fourth-order valence-electron chi connectivity index (χ4n) is 2.23. The van der Waals surface area contributed by atoms with Crippen molar-refractivity contribution in [1.29, 1.82) is 0 Å². The summed E-state index contributed by atoms with van der Waals surface area (Å²) in [5.74, 6) is 0.198. The summed E-state index contributed by atoms with van der Waals surface area (Å²) in [5.41, 5.74) is 2.97. The third-order valence-electron chi connectivity index (χ3n) is 3.53. The van der Waals surface area contributed by atoms with Crippen LogP contribution in [0.25, 0.3) is 11.3 Å². The first-order valence-corrected chi connectivity index (χ1v) is 8.79. The van der Waals surface area contributed by atoms with Crippen molar-refractivity contribution in [3.05, 3.63) is 66.4 Å². The molecule has 3 aromatic rings. The zero-order valence-corrected chi connectivity index (χ0v) is 13.5. The lowest BCUT2D eigenvalue weighted by atomic mass is 10.1. The van der Waals surface area contributed by atoms with Gasteiger partial charge in [-0.1, -0.05) is 49.4 Å². The number of benzene rings is 2. The van der Waals surface area contributed by atoms with Gasteiger partial charge in [0.05, 0.1) is 16.8 Å². The molecule has 0 bridgehead atoms. The van der Waals surface area contributed by atoms with Crippen LogP contribution in [0.5, 0.6) is 0 Å². The molecular weight excluding hydrogens is 310 g/mol. The molecule has 118 valence electrons. The number of imidazole rings is 1. The van der Waals surface area contributed by atoms with E-state index in [2.05, 4.69) is 21.6 Å². The molecule has 0 spiro atoms. The van der Waals surface area contributed by atoms with Crippen molar-refractivity contribution in [3.8, 4) is 11.3 Å². The Labute approximate surface area is 135 Å². The summed E-state index contributed by atoms with van der Waals surface area (Å²) < 4.78 is 27.0. The van der Waals surface area contributed by atoms with Gasteiger partial charge in [-0.15, -0.1) is 0 Å². The molecule has 3 rings (SSSR count). The summed E-state index contributed by atoms with van der Waals surface area (Å²) in [6, 6.07) is 16.3. The van der Waals surface area contributed by atoms with Gasteiger partial charge in [-0.05, 0) is 29.7 Å². The molecule has 5 nitrogen and oxygen atoms in total. The number of hydrogen-bond donors (Lipinski definition) is 2. The van der Waals surface area contributed by atoms with Gasteiger partial charge in [0.25, 0.3) is 10.0 Å². The van der Waals surface area contributed by atoms with Gasteiger partial charge in [0.15, 0.2) is 0 Å². The Morgan fingerprint density at radius 3 is 2.39 bits per heavy atom. The summed E-state index contributed by atoms with van der Waals surface area (Å²) in [7, 11) is -3.64. The number of rotatable bonds is 5. The molecule has 0 aliphatic carbocycles. The fraction of sp³-hybridized carbons (Fsp3) is 0.118. The van der Waals surface area contributed by atoms with Crippen LogP contribution >= 0.6 is 0 Å². The zero-order valence-electron chi connectivity index (χ0n) is 12.7. The highest BCUT2D eigenvalue weighted by Crippen LogP contribution is 2.20. The second-order valence-electron chi connectivity index (χ2n) is 5.11. The normalized spacial score (nSPS) is 11.3. The van der Waals surface area contributed by atoms with Gasteiger partial charge in [-0.2, -0.15) is 0 Å². The third kappa shape index (κ3) is 3.43. The highest BCUT2D eigenvalue weighted by molar-refractivity contribution is 7.92. The van der Waals surface area contributed by atoms with Crippen molar-refractivity contribution in [1.82, 2.24) is 9.97 Å². The maximum atomic E-state index is 12.3. The first-order chi connectivity index (χ1) is 11.1. The largest absolute Gasteiger partial charge is 0.323 e. The maximum absolute atomic E-state index is 12.3. The van der Waals surface area contributed by atoms with Crippen LogP contribution in [-0.4, -0.2) is 18.4 Å². The SMILES string of the molecule is CCc1ccc(-c2cnc(NS(=O)(=O)c3ccccc3)[nH]2)cc1. The Morgan fingerprint density at radius 1 is 1.04 bits per heavy atom. The Bertz CT molecular complexity index is 885. The molecule has 23 heavy (non-hydrogen) atoms. The minimum atomic E-state index is -3.64. The molecule has 2 N–H and O–H groups in total. The van der Waals surface area contributed by atoms with Crippen molar-refractivity contribution in [2.45, 2.75) is 18.2 Å². The van der Waals surface area contributed by atoms with Crippen molar-refractivity contribution in [3.63, 3.8) is 0 Å². The predicted octanol–water partition coefficient (Wildman–Crippen LogP) is 3.44. The van der Waals surface area contributed by atoms with Crippen LogP contribution < -0.4 is 4.72 Å². The second kappa shape index (κ2) is 6.26. The average molecular weight is 327 g/mol. The van der Waals surface area contributed by atoms with E-state index in [-0.39, 0.29) is 10.8 Å². The standard InChI is InChI=1S/C17H17N3O2S/c1-2-13-8-10-14(11-9-13)16-12-18-17(19-16)20-23(21,22)15-6-4-3-5-7-15/h3-12H,2H2,1H3,(H2,18,19,20). The van der Waals surface area contributed by atoms with Crippen molar-refractivity contribution in [2.24, 2.45) is 0 Å². The molecule has 0 fully saturated rings. The van der Waals surface area contributed by atoms with Crippen LogP contribution in [0.1, 0.15) is 12.5 Å². The van der Waals surface area contributed by atoms with Crippen molar-refractivity contribution < 1.29 is 8.42 Å². The van der Waals surface area contributed by atoms with E-state index in [1.54, 1.807) is 24.4 Å². The van der Waals surface area contributed by atoms with Crippen LogP contribution in [0.3, 0.4) is 0 Å². The Kier molecular flexibility index (Phi) is 4.16. The number of aromatic amines is 1. The highest BCUT2D eigenvalue weighted by Gasteiger charge is 2.15. The van der Waals surface area contributed by atoms with Gasteiger partial charge in [-0.3, -0.25) is 0 Å². The summed E-state index contributed by atoms with van der Waals surface area (Å²) in [6.45, 7) is 2.10. The lowest BCUT2D eigenvalue weighted by molar-refractivity contribution is 0.601. The average Bonchev–Trinajstić information content (AvgIpc) is 3.03. The van der Waals surface area contributed by atoms with Gasteiger partial charge >= 0.3 is 0 Å². The minimum Gasteiger partial charge on any atom is -0.323 e. The molecule has 2 aromatic carbocycles. The molecule has 0 radical (unpaired) electrons. The van der Waals surface area contributed by atoms with Gasteiger partial charge in [-0.25, -0.2) is 18.1 Å². The topological polar surface area (TPSA) is 74.8 Å². The van der Waals surface area contributed by atoms with Crippen LogP contribution in [0.2, 0.25) is 0 Å². The van der Waals surface area contributed by atoms with Gasteiger partial charge < -0.3 is 4.98 Å². The molecule has 0 aliphatic rings. The smallest absolute Gasteiger partial charge is 0.264 e. The van der Waals surface area contributed by atoms with Crippen molar-refractivity contribution in [2.75, 3.05) is 4.72 Å². The number of anilines is 1. The lowest BCUT2D eigenvalue weighted by Gasteiger charge is -2.05. The summed E-state index contributed by atoms with van der Waals surface area (Å²) in [5, 5.41) is 0. The Balaban J connectivity index is 1.82. The molecule has 0 aliphatic heterocycles. The fourth-order valence-corrected chi connectivity index (χ4v) is 3.22. The highest BCUT2D eigenvalue weighted by atomic mass is 32.2. The van der Waals surface area contributed by atoms with E-state index in [0.717, 1.165) is 17.7 Å². The van der Waals surface area contributed by atoms with E-state index in [9.17, 15) is 8.42 Å². The molecular formula is C17H17N3O2S. The minimum absolute atomic E-state index is 0.198. The predicted molar refractivity (Wildman–Crippen MR) is 90.7 cm³/mol. The van der Waals surface area contributed by atoms with Gasteiger partial charge in [0, 0.05) is 0 Å². The molecule has 0 atom stereocenters. The number of aromatic nitrogens is 2. The number of sulfonamides is 1. The number of H-pyrrole nitrogens is 1. The van der Waals surface area contributed by atoms with Gasteiger partial charge in [0.2, 0.25) is 5.95 Å². The summed E-state index contributed by atoms with van der Waals surface area (Å²) in [4.78, 5) is 7.29. The molecule has 1 aromatic heterocycles. The van der Waals surface area contributed by atoms with Crippen LogP contribution in [0.4, 0.5) is 5.95 Å². The molecule has 1 heterocycles. The second-order valence-corrected chi connectivity index (χ2v) is 6.80. The van der Waals surface area contributed by atoms with E-state index in [4.69, 9.17) is 0 Å². The number of nitrogens with one attached hydrogen (secondary N) is 2. The zero-order chi connectivity index (χ0) is 16.3. The number of hydrogen-bond acceptors (Lipinski definition) is 3. The molecule has 0 unspecified atom stereocenters. The number of nitrogens with zero attached hydrogens (tertiary/aromatic N) is 1. The summed E-state index contributed by atoms with van der Waals surface area (Å²) in [6.07, 6.45) is 2.59. The first kappa shape index (κ1) is 15.3. The van der Waals surface area contributed by atoms with Crippen LogP contribution in [0.15, 0.2) is 65.7 Å². The maximum Gasteiger partial charge on any atom is 0.264 e. The molecule has 0 saturated carbocycles. The Morgan fingerprint density at radius 2 is 1.74 bits per heavy atom. The van der Waals surface area contributed by atoms with E-state index >= 15 is 0 Å². The summed E-state index contributed by atoms with van der Waals surface area (Å²) >= 11 is 0. The van der Waals surface area contributed by atoms with E-state index < -0.39 is 10.0 Å². The van der Waals surface area contributed by atoms with E-state index in [1.165, 1.54) is 17.7 Å². The van der Waals surface area contributed by atoms with Crippen LogP contribution in [-0.2, 0) is 16.4 Å². The first-order valence-electron chi connectivity index (χ1n) is 7.30. The van der Waals surface area contributed by atoms with E-state index in [0.29, 0.717) is 0 Å². The quantitative estimate of drug-likeness (QED) is 0.754. The van der Waals surface area contributed by atoms with Gasteiger partial charge in [0.1, 0.15) is 0 Å². The third-order valence-corrected chi connectivity index (χ3v) is 4.89. The number of aryl methyl sites for hydroxylation is 1. The molecule has 0 saturated heterocycles. The van der Waals surface area contributed by atoms with Crippen LogP contribution in [0, 0.1) is 0 Å². The monoisotopic (exact) mass is 327 g/mol. The Hall–Kier alpha value is -2.60. The van der Waals surface area contributed by atoms with Crippen molar-refractivity contribution >= 4 is 16.0 Å².